The number of rotatable bonds is 6. The van der Waals surface area contributed by atoms with E-state index in [1.54, 1.807) is 12.1 Å². The van der Waals surface area contributed by atoms with Crippen molar-refractivity contribution in [2.24, 2.45) is 0 Å². The van der Waals surface area contributed by atoms with Gasteiger partial charge in [-0.3, -0.25) is 9.59 Å². The highest BCUT2D eigenvalue weighted by Crippen LogP contribution is 2.25. The molecule has 0 unspecified atom stereocenters. The van der Waals surface area contributed by atoms with Crippen LogP contribution in [0.2, 0.25) is 0 Å². The lowest BCUT2D eigenvalue weighted by atomic mass is 10.0. The molecule has 0 fully saturated rings. The molecule has 0 aliphatic heterocycles. The summed E-state index contributed by atoms with van der Waals surface area (Å²) in [5.41, 5.74) is 3.69. The largest absolute Gasteiger partial charge is 0.352 e. The molecule has 138 valence electrons. The SMILES string of the molecule is O=C(Cc1c(C(=O)c2ccccc2)[nH]c2ccccc12)NCc1ccccc1. The van der Waals surface area contributed by atoms with Crippen molar-refractivity contribution in [3.05, 3.63) is 107 Å². The van der Waals surface area contributed by atoms with E-state index >= 15 is 0 Å². The minimum Gasteiger partial charge on any atom is -0.352 e. The van der Waals surface area contributed by atoms with Crippen molar-refractivity contribution in [2.45, 2.75) is 13.0 Å². The second kappa shape index (κ2) is 7.92. The van der Waals surface area contributed by atoms with Gasteiger partial charge in [-0.15, -0.1) is 0 Å². The number of hydrogen-bond donors (Lipinski definition) is 2. The average Bonchev–Trinajstić information content (AvgIpc) is 3.11. The van der Waals surface area contributed by atoms with Crippen molar-refractivity contribution in [1.82, 2.24) is 10.3 Å². The Bertz CT molecular complexity index is 1120. The highest BCUT2D eigenvalue weighted by Gasteiger charge is 2.20. The first kappa shape index (κ1) is 17.7. The van der Waals surface area contributed by atoms with E-state index in [0.29, 0.717) is 17.8 Å². The molecule has 0 saturated heterocycles. The zero-order chi connectivity index (χ0) is 19.3. The predicted molar refractivity (Wildman–Crippen MR) is 110 cm³/mol. The lowest BCUT2D eigenvalue weighted by molar-refractivity contribution is -0.120. The molecule has 0 spiro atoms. The van der Waals surface area contributed by atoms with Crippen LogP contribution in [0.3, 0.4) is 0 Å². The van der Waals surface area contributed by atoms with Crippen LogP contribution in [0.5, 0.6) is 0 Å². The third-order valence-corrected chi connectivity index (χ3v) is 4.75. The van der Waals surface area contributed by atoms with Gasteiger partial charge < -0.3 is 10.3 Å². The molecule has 4 nitrogen and oxygen atoms in total. The summed E-state index contributed by atoms with van der Waals surface area (Å²) in [5, 5.41) is 3.84. The maximum absolute atomic E-state index is 13.0. The second-order valence-electron chi connectivity index (χ2n) is 6.66. The Balaban J connectivity index is 1.62. The van der Waals surface area contributed by atoms with Crippen molar-refractivity contribution >= 4 is 22.6 Å². The molecule has 28 heavy (non-hydrogen) atoms. The predicted octanol–water partition coefficient (Wildman–Crippen LogP) is 4.26. The Kier molecular flexibility index (Phi) is 5.02. The highest BCUT2D eigenvalue weighted by molar-refractivity contribution is 6.12. The van der Waals surface area contributed by atoms with Gasteiger partial charge in [0.25, 0.3) is 0 Å². The summed E-state index contributed by atoms with van der Waals surface area (Å²) in [5.74, 6) is -0.224. The van der Waals surface area contributed by atoms with Gasteiger partial charge in [0.2, 0.25) is 11.7 Å². The van der Waals surface area contributed by atoms with Crippen molar-refractivity contribution in [2.75, 3.05) is 0 Å². The molecule has 0 aliphatic carbocycles. The molecule has 4 heteroatoms. The first-order valence-corrected chi connectivity index (χ1v) is 9.22. The molecular formula is C24H20N2O2. The normalized spacial score (nSPS) is 10.7. The van der Waals surface area contributed by atoms with Gasteiger partial charge in [-0.25, -0.2) is 0 Å². The molecule has 0 radical (unpaired) electrons. The number of aromatic amines is 1. The quantitative estimate of drug-likeness (QED) is 0.500. The van der Waals surface area contributed by atoms with Gasteiger partial charge in [-0.1, -0.05) is 78.9 Å². The summed E-state index contributed by atoms with van der Waals surface area (Å²) in [7, 11) is 0. The van der Waals surface area contributed by atoms with Gasteiger partial charge in [-0.05, 0) is 17.2 Å². The lowest BCUT2D eigenvalue weighted by Gasteiger charge is -2.07. The zero-order valence-corrected chi connectivity index (χ0v) is 15.3. The van der Waals surface area contributed by atoms with Gasteiger partial charge in [0.1, 0.15) is 0 Å². The number of hydrogen-bond acceptors (Lipinski definition) is 2. The van der Waals surface area contributed by atoms with Crippen LogP contribution in [-0.4, -0.2) is 16.7 Å². The van der Waals surface area contributed by atoms with E-state index in [1.165, 1.54) is 0 Å². The zero-order valence-electron chi connectivity index (χ0n) is 15.3. The van der Waals surface area contributed by atoms with E-state index in [4.69, 9.17) is 0 Å². The summed E-state index contributed by atoms with van der Waals surface area (Å²) >= 11 is 0. The first-order valence-electron chi connectivity index (χ1n) is 9.22. The summed E-state index contributed by atoms with van der Waals surface area (Å²) in [6.45, 7) is 0.462. The van der Waals surface area contributed by atoms with Crippen LogP contribution in [0.4, 0.5) is 0 Å². The molecule has 1 amide bonds. The Morgan fingerprint density at radius 1 is 0.786 bits per heavy atom. The fraction of sp³-hybridized carbons (Fsp3) is 0.0833. The number of para-hydroxylation sites is 1. The molecule has 0 aliphatic rings. The Morgan fingerprint density at radius 2 is 1.43 bits per heavy atom. The molecule has 1 heterocycles. The molecule has 3 aromatic carbocycles. The second-order valence-corrected chi connectivity index (χ2v) is 6.66. The molecule has 0 bridgehead atoms. The minimum atomic E-state index is -0.115. The molecule has 4 aromatic rings. The highest BCUT2D eigenvalue weighted by atomic mass is 16.1. The van der Waals surface area contributed by atoms with E-state index in [-0.39, 0.29) is 18.1 Å². The number of carbonyl (C=O) groups excluding carboxylic acids is 2. The van der Waals surface area contributed by atoms with Gasteiger partial charge in [0.15, 0.2) is 0 Å². The van der Waals surface area contributed by atoms with Gasteiger partial charge in [0.05, 0.1) is 12.1 Å². The molecule has 0 saturated carbocycles. The van der Waals surface area contributed by atoms with Crippen molar-refractivity contribution in [1.29, 1.82) is 0 Å². The number of carbonyl (C=O) groups is 2. The number of benzene rings is 3. The number of fused-ring (bicyclic) bond motifs is 1. The van der Waals surface area contributed by atoms with E-state index in [9.17, 15) is 9.59 Å². The summed E-state index contributed by atoms with van der Waals surface area (Å²) in [6, 6.07) is 26.6. The van der Waals surface area contributed by atoms with E-state index in [2.05, 4.69) is 10.3 Å². The van der Waals surface area contributed by atoms with E-state index in [0.717, 1.165) is 22.0 Å². The third-order valence-electron chi connectivity index (χ3n) is 4.75. The van der Waals surface area contributed by atoms with Crippen molar-refractivity contribution in [3.8, 4) is 0 Å². The molecular weight excluding hydrogens is 348 g/mol. The number of nitrogens with one attached hydrogen (secondary N) is 2. The average molecular weight is 368 g/mol. The maximum atomic E-state index is 13.0. The molecule has 4 rings (SSSR count). The molecule has 2 N–H and O–H groups in total. The number of aromatic nitrogens is 1. The van der Waals surface area contributed by atoms with E-state index < -0.39 is 0 Å². The topological polar surface area (TPSA) is 62.0 Å². The maximum Gasteiger partial charge on any atom is 0.224 e. The summed E-state index contributed by atoms with van der Waals surface area (Å²) in [6.07, 6.45) is 0.144. The molecule has 0 atom stereocenters. The van der Waals surface area contributed by atoms with Crippen LogP contribution in [0.1, 0.15) is 27.2 Å². The van der Waals surface area contributed by atoms with E-state index in [1.807, 2.05) is 72.8 Å². The Hall–Kier alpha value is -3.66. The van der Waals surface area contributed by atoms with Gasteiger partial charge in [0, 0.05) is 23.0 Å². The van der Waals surface area contributed by atoms with Crippen molar-refractivity contribution < 1.29 is 9.59 Å². The minimum absolute atomic E-state index is 0.109. The Labute approximate surface area is 163 Å². The van der Waals surface area contributed by atoms with Crippen LogP contribution in [0.15, 0.2) is 84.9 Å². The number of ketones is 1. The summed E-state index contributed by atoms with van der Waals surface area (Å²) in [4.78, 5) is 28.8. The fourth-order valence-electron chi connectivity index (χ4n) is 3.33. The van der Waals surface area contributed by atoms with Crippen LogP contribution in [0.25, 0.3) is 10.9 Å². The lowest BCUT2D eigenvalue weighted by Crippen LogP contribution is -2.25. The first-order chi connectivity index (χ1) is 13.7. The number of H-pyrrole nitrogens is 1. The van der Waals surface area contributed by atoms with Crippen LogP contribution in [0, 0.1) is 0 Å². The van der Waals surface area contributed by atoms with Crippen LogP contribution >= 0.6 is 0 Å². The van der Waals surface area contributed by atoms with Gasteiger partial charge in [-0.2, -0.15) is 0 Å². The monoisotopic (exact) mass is 368 g/mol. The summed E-state index contributed by atoms with van der Waals surface area (Å²) < 4.78 is 0. The van der Waals surface area contributed by atoms with Crippen molar-refractivity contribution in [3.63, 3.8) is 0 Å². The number of amides is 1. The fourth-order valence-corrected chi connectivity index (χ4v) is 3.33. The van der Waals surface area contributed by atoms with Crippen LogP contribution < -0.4 is 5.32 Å². The smallest absolute Gasteiger partial charge is 0.224 e. The Morgan fingerprint density at radius 3 is 2.18 bits per heavy atom. The molecule has 1 aromatic heterocycles. The van der Waals surface area contributed by atoms with Crippen LogP contribution in [-0.2, 0) is 17.8 Å². The standard InChI is InChI=1S/C24H20N2O2/c27-22(25-16-17-9-3-1-4-10-17)15-20-19-13-7-8-14-21(19)26-23(20)24(28)18-11-5-2-6-12-18/h1-14,26H,15-16H2,(H,25,27). The van der Waals surface area contributed by atoms with Gasteiger partial charge >= 0.3 is 0 Å². The third kappa shape index (κ3) is 3.71.